The molecule has 0 radical (unpaired) electrons. The van der Waals surface area contributed by atoms with Gasteiger partial charge in [0.25, 0.3) is 0 Å². The molecule has 2 atom stereocenters. The highest BCUT2D eigenvalue weighted by Crippen LogP contribution is 2.31. The van der Waals surface area contributed by atoms with Gasteiger partial charge in [0, 0.05) is 6.04 Å². The monoisotopic (exact) mass is 167 g/mol. The van der Waals surface area contributed by atoms with E-state index in [-0.39, 0.29) is 6.04 Å². The summed E-state index contributed by atoms with van der Waals surface area (Å²) in [5.74, 6) is -1.20. The minimum Gasteiger partial charge on any atom is -0.313 e. The third-order valence-electron chi connectivity index (χ3n) is 2.22. The van der Waals surface area contributed by atoms with E-state index in [0.717, 1.165) is 13.0 Å². The second-order valence-electron chi connectivity index (χ2n) is 3.03. The van der Waals surface area contributed by atoms with E-state index >= 15 is 0 Å². The summed E-state index contributed by atoms with van der Waals surface area (Å²) in [7, 11) is 0. The van der Waals surface area contributed by atoms with Gasteiger partial charge in [0.1, 0.15) is 0 Å². The molecule has 1 nitrogen and oxygen atoms in total. The van der Waals surface area contributed by atoms with Crippen LogP contribution in [-0.2, 0) is 0 Å². The van der Waals surface area contributed by atoms with Crippen LogP contribution < -0.4 is 5.32 Å². The molecule has 4 heteroatoms. The number of hydrogen-bond donors (Lipinski definition) is 1. The Morgan fingerprint density at radius 2 is 2.09 bits per heavy atom. The summed E-state index contributed by atoms with van der Waals surface area (Å²) in [6.45, 7) is 1.97. The molecule has 0 bridgehead atoms. The van der Waals surface area contributed by atoms with Gasteiger partial charge >= 0.3 is 6.18 Å². The van der Waals surface area contributed by atoms with Crippen molar-refractivity contribution in [1.82, 2.24) is 5.32 Å². The first kappa shape index (κ1) is 8.84. The lowest BCUT2D eigenvalue weighted by Crippen LogP contribution is -2.37. The molecular weight excluding hydrogens is 155 g/mol. The van der Waals surface area contributed by atoms with Gasteiger partial charge in [-0.05, 0) is 19.4 Å². The highest BCUT2D eigenvalue weighted by Gasteiger charge is 2.41. The lowest BCUT2D eigenvalue weighted by molar-refractivity contribution is -0.176. The predicted octanol–water partition coefficient (Wildman–Crippen LogP) is 1.94. The van der Waals surface area contributed by atoms with Crippen molar-refractivity contribution < 1.29 is 13.2 Å². The van der Waals surface area contributed by atoms with Crippen LogP contribution in [-0.4, -0.2) is 18.8 Å². The second-order valence-corrected chi connectivity index (χ2v) is 3.03. The maximum absolute atomic E-state index is 12.1. The Kier molecular flexibility index (Phi) is 2.42. The molecule has 11 heavy (non-hydrogen) atoms. The summed E-state index contributed by atoms with van der Waals surface area (Å²) < 4.78 is 36.2. The molecule has 0 aliphatic carbocycles. The predicted molar refractivity (Wildman–Crippen MR) is 36.2 cm³/mol. The molecule has 0 aromatic heterocycles. The van der Waals surface area contributed by atoms with E-state index in [2.05, 4.69) is 5.32 Å². The van der Waals surface area contributed by atoms with Crippen LogP contribution in [0, 0.1) is 5.92 Å². The lowest BCUT2D eigenvalue weighted by atomic mass is 10.0. The fourth-order valence-electron chi connectivity index (χ4n) is 1.37. The number of hydrogen-bond acceptors (Lipinski definition) is 1. The van der Waals surface area contributed by atoms with Crippen LogP contribution in [0.15, 0.2) is 0 Å². The van der Waals surface area contributed by atoms with Crippen molar-refractivity contribution in [3.8, 4) is 0 Å². The maximum Gasteiger partial charge on any atom is 0.393 e. The molecule has 66 valence electrons. The summed E-state index contributed by atoms with van der Waals surface area (Å²) in [6.07, 6.45) is -2.52. The molecule has 0 spiro atoms. The maximum atomic E-state index is 12.1. The summed E-state index contributed by atoms with van der Waals surface area (Å²) in [5.41, 5.74) is 0. The highest BCUT2D eigenvalue weighted by atomic mass is 19.4. The molecule has 1 rings (SSSR count). The van der Waals surface area contributed by atoms with Gasteiger partial charge in [-0.1, -0.05) is 6.92 Å². The Balaban J connectivity index is 2.46. The van der Waals surface area contributed by atoms with Crippen LogP contribution in [0.3, 0.4) is 0 Å². The van der Waals surface area contributed by atoms with Crippen molar-refractivity contribution in [2.45, 2.75) is 32.0 Å². The van der Waals surface area contributed by atoms with Crippen molar-refractivity contribution in [1.29, 1.82) is 0 Å². The zero-order valence-corrected chi connectivity index (χ0v) is 6.41. The Hall–Kier alpha value is -0.250. The van der Waals surface area contributed by atoms with Gasteiger partial charge in [0.2, 0.25) is 0 Å². The first-order chi connectivity index (χ1) is 5.02. The van der Waals surface area contributed by atoms with Crippen molar-refractivity contribution in [2.24, 2.45) is 5.92 Å². The molecular formula is C7H12F3N. The fraction of sp³-hybridized carbons (Fsp3) is 1.00. The smallest absolute Gasteiger partial charge is 0.313 e. The van der Waals surface area contributed by atoms with Gasteiger partial charge in [0.15, 0.2) is 0 Å². The molecule has 1 fully saturated rings. The van der Waals surface area contributed by atoms with Crippen LogP contribution in [0.4, 0.5) is 13.2 Å². The summed E-state index contributed by atoms with van der Waals surface area (Å²) in [6, 6.07) is -0.352. The molecule has 1 saturated heterocycles. The van der Waals surface area contributed by atoms with E-state index in [1.165, 1.54) is 6.92 Å². The number of nitrogens with one attached hydrogen (secondary N) is 1. The molecule has 2 unspecified atom stereocenters. The van der Waals surface area contributed by atoms with Gasteiger partial charge in [0.05, 0.1) is 5.92 Å². The van der Waals surface area contributed by atoms with Crippen LogP contribution in [0.5, 0.6) is 0 Å². The zero-order chi connectivity index (χ0) is 8.48. The third kappa shape index (κ3) is 2.09. The highest BCUT2D eigenvalue weighted by molar-refractivity contribution is 4.82. The molecule has 1 aliphatic rings. The molecule has 0 aromatic rings. The SMILES string of the molecule is CC(C1CCCN1)C(F)(F)F. The van der Waals surface area contributed by atoms with Crippen LogP contribution >= 0.6 is 0 Å². The lowest BCUT2D eigenvalue weighted by Gasteiger charge is -2.21. The first-order valence-electron chi connectivity index (χ1n) is 3.82. The molecule has 0 amide bonds. The van der Waals surface area contributed by atoms with Gasteiger partial charge in [-0.3, -0.25) is 0 Å². The topological polar surface area (TPSA) is 12.0 Å². The summed E-state index contributed by atoms with van der Waals surface area (Å²) in [4.78, 5) is 0. The molecule has 1 N–H and O–H groups in total. The van der Waals surface area contributed by atoms with E-state index in [1.807, 2.05) is 0 Å². The van der Waals surface area contributed by atoms with Gasteiger partial charge < -0.3 is 5.32 Å². The third-order valence-corrected chi connectivity index (χ3v) is 2.22. The number of alkyl halides is 3. The Bertz CT molecular complexity index is 126. The minimum absolute atomic E-state index is 0.352. The normalized spacial score (nSPS) is 28.9. The number of rotatable bonds is 1. The molecule has 1 heterocycles. The van der Waals surface area contributed by atoms with Crippen molar-refractivity contribution >= 4 is 0 Å². The van der Waals surface area contributed by atoms with Gasteiger partial charge in [-0.2, -0.15) is 13.2 Å². The van der Waals surface area contributed by atoms with E-state index in [9.17, 15) is 13.2 Å². The van der Waals surface area contributed by atoms with E-state index < -0.39 is 12.1 Å². The van der Waals surface area contributed by atoms with Crippen molar-refractivity contribution in [3.63, 3.8) is 0 Å². The van der Waals surface area contributed by atoms with Crippen LogP contribution in [0.25, 0.3) is 0 Å². The first-order valence-corrected chi connectivity index (χ1v) is 3.82. The van der Waals surface area contributed by atoms with Crippen molar-refractivity contribution in [3.05, 3.63) is 0 Å². The molecule has 0 aromatic carbocycles. The standard InChI is InChI=1S/C7H12F3N/c1-5(7(8,9)10)6-3-2-4-11-6/h5-6,11H,2-4H2,1H3. The number of halogens is 3. The van der Waals surface area contributed by atoms with Crippen LogP contribution in [0.2, 0.25) is 0 Å². The zero-order valence-electron chi connectivity index (χ0n) is 6.41. The summed E-state index contributed by atoms with van der Waals surface area (Å²) in [5, 5.41) is 2.84. The second kappa shape index (κ2) is 3.01. The average molecular weight is 167 g/mol. The quantitative estimate of drug-likeness (QED) is 0.629. The van der Waals surface area contributed by atoms with Crippen LogP contribution in [0.1, 0.15) is 19.8 Å². The minimum atomic E-state index is -4.04. The fourth-order valence-corrected chi connectivity index (χ4v) is 1.37. The Labute approximate surface area is 64.0 Å². The van der Waals surface area contributed by atoms with Gasteiger partial charge in [-0.25, -0.2) is 0 Å². The van der Waals surface area contributed by atoms with E-state index in [1.54, 1.807) is 0 Å². The van der Waals surface area contributed by atoms with Crippen molar-refractivity contribution in [2.75, 3.05) is 6.54 Å². The summed E-state index contributed by atoms with van der Waals surface area (Å²) >= 11 is 0. The molecule has 0 saturated carbocycles. The van der Waals surface area contributed by atoms with Gasteiger partial charge in [-0.15, -0.1) is 0 Å². The Morgan fingerprint density at radius 1 is 1.45 bits per heavy atom. The Morgan fingerprint density at radius 3 is 2.45 bits per heavy atom. The largest absolute Gasteiger partial charge is 0.393 e. The van der Waals surface area contributed by atoms with E-state index in [4.69, 9.17) is 0 Å². The molecule has 1 aliphatic heterocycles. The van der Waals surface area contributed by atoms with E-state index in [0.29, 0.717) is 6.42 Å². The average Bonchev–Trinajstić information content (AvgIpc) is 2.34.